The summed E-state index contributed by atoms with van der Waals surface area (Å²) in [6, 6.07) is 7.57. The predicted octanol–water partition coefficient (Wildman–Crippen LogP) is 2.09. The molecule has 2 saturated heterocycles. The molecule has 2 atom stereocenters. The highest BCUT2D eigenvalue weighted by Crippen LogP contribution is 2.38. The number of piperazine rings is 1. The third kappa shape index (κ3) is 1.98. The van der Waals surface area contributed by atoms with Crippen molar-refractivity contribution in [3.63, 3.8) is 0 Å². The minimum absolute atomic E-state index is 0.187. The molecule has 2 aliphatic heterocycles. The van der Waals surface area contributed by atoms with E-state index in [0.717, 1.165) is 48.3 Å². The monoisotopic (exact) mass is 328 g/mol. The lowest BCUT2D eigenvalue weighted by Crippen LogP contribution is -2.47. The van der Waals surface area contributed by atoms with Crippen molar-refractivity contribution in [2.75, 3.05) is 22.9 Å². The number of benzene rings is 1. The van der Waals surface area contributed by atoms with Crippen molar-refractivity contribution in [2.24, 2.45) is 0 Å². The Labute approximate surface area is 135 Å². The molecular formula is C15H13FN6S. The van der Waals surface area contributed by atoms with Crippen LogP contribution in [0.4, 0.5) is 15.9 Å². The topological polar surface area (TPSA) is 58.0 Å². The SMILES string of the molecule is Fc1cccc(N2C[C@H]3C[C@H]2CN3c2ncnc3nsnc23)c1. The van der Waals surface area contributed by atoms with Crippen LogP contribution >= 0.6 is 11.7 Å². The molecule has 116 valence electrons. The van der Waals surface area contributed by atoms with Gasteiger partial charge in [-0.25, -0.2) is 14.4 Å². The molecule has 2 bridgehead atoms. The molecule has 0 N–H and O–H groups in total. The van der Waals surface area contributed by atoms with E-state index in [0.29, 0.717) is 17.7 Å². The van der Waals surface area contributed by atoms with Crippen LogP contribution in [0.15, 0.2) is 30.6 Å². The molecule has 3 aromatic rings. The fourth-order valence-electron chi connectivity index (χ4n) is 3.72. The van der Waals surface area contributed by atoms with Gasteiger partial charge in [0.1, 0.15) is 12.1 Å². The number of rotatable bonds is 2. The van der Waals surface area contributed by atoms with Gasteiger partial charge in [0.2, 0.25) is 0 Å². The van der Waals surface area contributed by atoms with E-state index < -0.39 is 0 Å². The van der Waals surface area contributed by atoms with Gasteiger partial charge in [-0.3, -0.25) is 0 Å². The molecule has 5 rings (SSSR count). The van der Waals surface area contributed by atoms with E-state index >= 15 is 0 Å². The van der Waals surface area contributed by atoms with Crippen LogP contribution in [0.1, 0.15) is 6.42 Å². The second-order valence-corrected chi connectivity index (χ2v) is 6.49. The first-order valence-electron chi connectivity index (χ1n) is 7.52. The third-order valence-electron chi connectivity index (χ3n) is 4.70. The lowest BCUT2D eigenvalue weighted by molar-refractivity contribution is 0.618. The summed E-state index contributed by atoms with van der Waals surface area (Å²) in [5.41, 5.74) is 2.40. The molecule has 0 unspecified atom stereocenters. The Bertz CT molecular complexity index is 883. The van der Waals surface area contributed by atoms with E-state index in [1.807, 2.05) is 6.07 Å². The van der Waals surface area contributed by atoms with Crippen molar-refractivity contribution < 1.29 is 4.39 Å². The Morgan fingerprint density at radius 1 is 1.09 bits per heavy atom. The third-order valence-corrected chi connectivity index (χ3v) is 5.21. The van der Waals surface area contributed by atoms with Crippen molar-refractivity contribution in [3.8, 4) is 0 Å². The van der Waals surface area contributed by atoms with Gasteiger partial charge in [-0.05, 0) is 24.6 Å². The smallest absolute Gasteiger partial charge is 0.198 e. The Hall–Kier alpha value is -2.35. The first-order valence-corrected chi connectivity index (χ1v) is 8.25. The molecule has 2 aromatic heterocycles. The zero-order valence-corrected chi connectivity index (χ0v) is 12.9. The highest BCUT2D eigenvalue weighted by atomic mass is 32.1. The minimum atomic E-state index is -0.187. The molecule has 6 nitrogen and oxygen atoms in total. The molecular weight excluding hydrogens is 315 g/mol. The van der Waals surface area contributed by atoms with Crippen LogP contribution in [0.5, 0.6) is 0 Å². The first kappa shape index (κ1) is 13.1. The maximum Gasteiger partial charge on any atom is 0.198 e. The van der Waals surface area contributed by atoms with E-state index in [9.17, 15) is 4.39 Å². The van der Waals surface area contributed by atoms with E-state index in [4.69, 9.17) is 0 Å². The van der Waals surface area contributed by atoms with Crippen LogP contribution in [-0.4, -0.2) is 43.9 Å². The standard InChI is InChI=1S/C15H13FN6S/c16-9-2-1-3-10(4-9)21-6-12-5-11(21)7-22(12)15-13-14(17-8-18-15)20-23-19-13/h1-4,8,11-12H,5-7H2/t11-,12+/m0/s1. The molecule has 8 heteroatoms. The van der Waals surface area contributed by atoms with E-state index in [1.54, 1.807) is 18.5 Å². The minimum Gasteiger partial charge on any atom is -0.365 e. The zero-order valence-electron chi connectivity index (χ0n) is 12.1. The summed E-state index contributed by atoms with van der Waals surface area (Å²) in [7, 11) is 0. The summed E-state index contributed by atoms with van der Waals surface area (Å²) in [4.78, 5) is 13.2. The number of hydrogen-bond acceptors (Lipinski definition) is 7. The maximum absolute atomic E-state index is 13.5. The molecule has 4 heterocycles. The normalized spacial score (nSPS) is 23.2. The van der Waals surface area contributed by atoms with Crippen LogP contribution in [-0.2, 0) is 0 Å². The number of anilines is 2. The summed E-state index contributed by atoms with van der Waals surface area (Å²) in [5.74, 6) is 0.684. The summed E-state index contributed by atoms with van der Waals surface area (Å²) >= 11 is 1.16. The average Bonchev–Trinajstić information content (AvgIpc) is 3.28. The van der Waals surface area contributed by atoms with Crippen molar-refractivity contribution in [1.29, 1.82) is 0 Å². The quantitative estimate of drug-likeness (QED) is 0.718. The number of fused-ring (bicyclic) bond motifs is 3. The fourth-order valence-corrected chi connectivity index (χ4v) is 4.21. The first-order chi connectivity index (χ1) is 11.3. The molecule has 0 saturated carbocycles. The Morgan fingerprint density at radius 3 is 2.78 bits per heavy atom. The summed E-state index contributed by atoms with van der Waals surface area (Å²) in [6.45, 7) is 1.74. The average molecular weight is 328 g/mol. The van der Waals surface area contributed by atoms with Gasteiger partial charge in [-0.15, -0.1) is 0 Å². The fraction of sp³-hybridized carbons (Fsp3) is 0.333. The Morgan fingerprint density at radius 2 is 1.96 bits per heavy atom. The van der Waals surface area contributed by atoms with Crippen LogP contribution in [0.3, 0.4) is 0 Å². The van der Waals surface area contributed by atoms with Gasteiger partial charge in [-0.2, -0.15) is 8.75 Å². The number of hydrogen-bond donors (Lipinski definition) is 0. The Kier molecular flexibility index (Phi) is 2.75. The van der Waals surface area contributed by atoms with Crippen LogP contribution in [0.25, 0.3) is 11.2 Å². The van der Waals surface area contributed by atoms with Crippen LogP contribution in [0.2, 0.25) is 0 Å². The van der Waals surface area contributed by atoms with E-state index in [2.05, 4.69) is 28.5 Å². The maximum atomic E-state index is 13.5. The number of nitrogens with zero attached hydrogens (tertiary/aromatic N) is 6. The second kappa shape index (κ2) is 4.82. The highest BCUT2D eigenvalue weighted by molar-refractivity contribution is 7.00. The molecule has 1 aromatic carbocycles. The van der Waals surface area contributed by atoms with E-state index in [1.165, 1.54) is 6.07 Å². The van der Waals surface area contributed by atoms with Gasteiger partial charge < -0.3 is 9.80 Å². The number of aromatic nitrogens is 4. The van der Waals surface area contributed by atoms with Gasteiger partial charge in [0.05, 0.1) is 17.8 Å². The largest absolute Gasteiger partial charge is 0.365 e. The summed E-state index contributed by atoms with van der Waals surface area (Å²) < 4.78 is 22.0. The Balaban J connectivity index is 1.45. The van der Waals surface area contributed by atoms with Gasteiger partial charge in [0, 0.05) is 24.8 Å². The van der Waals surface area contributed by atoms with Gasteiger partial charge in [-0.1, -0.05) is 6.07 Å². The highest BCUT2D eigenvalue weighted by Gasteiger charge is 2.44. The lowest BCUT2D eigenvalue weighted by atomic mass is 10.2. The molecule has 0 aliphatic carbocycles. The lowest BCUT2D eigenvalue weighted by Gasteiger charge is -2.36. The van der Waals surface area contributed by atoms with Crippen molar-refractivity contribution >= 4 is 34.4 Å². The van der Waals surface area contributed by atoms with Crippen molar-refractivity contribution in [2.45, 2.75) is 18.5 Å². The zero-order chi connectivity index (χ0) is 15.4. The van der Waals surface area contributed by atoms with Crippen molar-refractivity contribution in [1.82, 2.24) is 18.7 Å². The van der Waals surface area contributed by atoms with Gasteiger partial charge in [0.15, 0.2) is 17.0 Å². The molecule has 0 radical (unpaired) electrons. The molecule has 0 spiro atoms. The molecule has 2 aliphatic rings. The summed E-state index contributed by atoms with van der Waals surface area (Å²) in [5, 5.41) is 0. The van der Waals surface area contributed by atoms with Crippen LogP contribution < -0.4 is 9.80 Å². The predicted molar refractivity (Wildman–Crippen MR) is 86.3 cm³/mol. The van der Waals surface area contributed by atoms with Crippen molar-refractivity contribution in [3.05, 3.63) is 36.4 Å². The summed E-state index contributed by atoms with van der Waals surface area (Å²) in [6.07, 6.45) is 2.61. The van der Waals surface area contributed by atoms with Gasteiger partial charge in [0.25, 0.3) is 0 Å². The van der Waals surface area contributed by atoms with Gasteiger partial charge >= 0.3 is 0 Å². The molecule has 23 heavy (non-hydrogen) atoms. The molecule has 0 amide bonds. The van der Waals surface area contributed by atoms with Crippen LogP contribution in [0, 0.1) is 5.82 Å². The number of halogens is 1. The van der Waals surface area contributed by atoms with E-state index in [-0.39, 0.29) is 5.82 Å². The molecule has 2 fully saturated rings. The second-order valence-electron chi connectivity index (χ2n) is 5.96.